The van der Waals surface area contributed by atoms with Gasteiger partial charge in [-0.2, -0.15) is 0 Å². The Kier molecular flexibility index (Phi) is 3.98. The van der Waals surface area contributed by atoms with Crippen molar-refractivity contribution in [1.82, 2.24) is 4.98 Å². The monoisotopic (exact) mass is 367 g/mol. The first-order valence-corrected chi connectivity index (χ1v) is 9.13. The predicted octanol–water partition coefficient (Wildman–Crippen LogP) is -0.481. The normalized spacial score (nSPS) is 17.6. The van der Waals surface area contributed by atoms with Crippen LogP contribution in [0.3, 0.4) is 0 Å². The van der Waals surface area contributed by atoms with E-state index in [1.807, 2.05) is 30.5 Å². The zero-order chi connectivity index (χ0) is 13.1. The van der Waals surface area contributed by atoms with Gasteiger partial charge in [0.25, 0.3) is 0 Å². The van der Waals surface area contributed by atoms with Gasteiger partial charge in [0.1, 0.15) is 0 Å². The number of halogens is 1. The molecule has 1 fully saturated rings. The second-order valence-electron chi connectivity index (χ2n) is 4.49. The Bertz CT molecular complexity index is 535. The molecule has 2 heterocycles. The molecule has 1 aliphatic rings. The van der Waals surface area contributed by atoms with Gasteiger partial charge in [-0.25, -0.2) is 0 Å². The molecule has 0 amide bonds. The first-order valence-electron chi connectivity index (χ1n) is 6.35. The van der Waals surface area contributed by atoms with Crippen LogP contribution in [0, 0.1) is 0 Å². The summed E-state index contributed by atoms with van der Waals surface area (Å²) in [6.45, 7) is 0.646. The van der Waals surface area contributed by atoms with Crippen LogP contribution >= 0.6 is 0 Å². The van der Waals surface area contributed by atoms with Crippen LogP contribution < -0.4 is 31.7 Å². The van der Waals surface area contributed by atoms with E-state index in [0.717, 1.165) is 21.7 Å². The maximum atomic E-state index is 5.73. The third-order valence-corrected chi connectivity index (χ3v) is 5.48. The van der Waals surface area contributed by atoms with Crippen molar-refractivity contribution < 1.29 is 25.9 Å². The number of nitrogens with two attached hydrogens (primary N) is 1. The van der Waals surface area contributed by atoms with E-state index in [0.29, 0.717) is 33.6 Å². The summed E-state index contributed by atoms with van der Waals surface area (Å²) in [5, 5.41) is 0. The molecule has 0 saturated carbocycles. The van der Waals surface area contributed by atoms with E-state index >= 15 is 0 Å². The van der Waals surface area contributed by atoms with Gasteiger partial charge in [0.05, 0.1) is 0 Å². The van der Waals surface area contributed by atoms with Crippen LogP contribution in [-0.4, -0.2) is 16.0 Å². The first kappa shape index (κ1) is 12.9. The third kappa shape index (κ3) is 3.45. The zero-order valence-electron chi connectivity index (χ0n) is 10.6. The molecule has 1 aliphatic heterocycles. The van der Waals surface area contributed by atoms with E-state index in [-0.39, 0.29) is 0 Å². The molecule has 1 aromatic heterocycles. The fourth-order valence-corrected chi connectivity index (χ4v) is 3.56. The number of pyridine rings is 1. The summed E-state index contributed by atoms with van der Waals surface area (Å²) in [6, 6.07) is 12.3. The van der Waals surface area contributed by atoms with Gasteiger partial charge >= 0.3 is 118 Å². The van der Waals surface area contributed by atoms with Gasteiger partial charge in [0.2, 0.25) is 0 Å². The fraction of sp³-hybridized carbons (Fsp3) is 0.267. The average Bonchev–Trinajstić information content (AvgIpc) is 3.27. The molecule has 2 N–H and O–H groups in total. The maximum absolute atomic E-state index is 5.73. The Hall–Kier alpha value is -1.14. The molecule has 1 unspecified atom stereocenters. The number of ether oxygens (including phenoxy) is 1. The van der Waals surface area contributed by atoms with Crippen LogP contribution in [0.2, 0.25) is 0 Å². The number of rotatable bonds is 5. The SMILES string of the molecule is NCCc1ccc(Oc2ccc(C3C[I-]3)cc2)nc1. The van der Waals surface area contributed by atoms with Crippen molar-refractivity contribution in [2.24, 2.45) is 5.73 Å². The van der Waals surface area contributed by atoms with Crippen LogP contribution in [0.1, 0.15) is 15.1 Å². The third-order valence-electron chi connectivity index (χ3n) is 3.00. The van der Waals surface area contributed by atoms with Crippen LogP contribution in [0.4, 0.5) is 0 Å². The molecule has 100 valence electrons. The van der Waals surface area contributed by atoms with Gasteiger partial charge in [0.15, 0.2) is 0 Å². The Labute approximate surface area is 123 Å². The number of aromatic nitrogens is 1. The topological polar surface area (TPSA) is 48.1 Å². The molecule has 3 nitrogen and oxygen atoms in total. The Balaban J connectivity index is 1.66. The molecule has 3 rings (SSSR count). The number of benzene rings is 1. The van der Waals surface area contributed by atoms with Crippen LogP contribution in [0.5, 0.6) is 11.6 Å². The Morgan fingerprint density at radius 1 is 1.21 bits per heavy atom. The van der Waals surface area contributed by atoms with Crippen LogP contribution in [0.25, 0.3) is 0 Å². The van der Waals surface area contributed by atoms with Crippen molar-refractivity contribution in [3.05, 3.63) is 53.7 Å². The number of nitrogens with zero attached hydrogens (tertiary/aromatic N) is 1. The second kappa shape index (κ2) is 5.88. The molecule has 1 aromatic carbocycles. The van der Waals surface area contributed by atoms with E-state index in [1.54, 1.807) is 0 Å². The minimum atomic E-state index is 0.465. The zero-order valence-corrected chi connectivity index (χ0v) is 12.7. The van der Waals surface area contributed by atoms with E-state index in [4.69, 9.17) is 10.5 Å². The molecular formula is C15H16IN2O-. The van der Waals surface area contributed by atoms with E-state index in [2.05, 4.69) is 17.1 Å². The van der Waals surface area contributed by atoms with Crippen molar-refractivity contribution in [2.45, 2.75) is 10.3 Å². The Morgan fingerprint density at radius 2 is 2.00 bits per heavy atom. The summed E-state index contributed by atoms with van der Waals surface area (Å²) in [4.78, 5) is 4.29. The number of hydrogen-bond acceptors (Lipinski definition) is 3. The van der Waals surface area contributed by atoms with Gasteiger partial charge in [0, 0.05) is 0 Å². The molecule has 1 saturated heterocycles. The van der Waals surface area contributed by atoms with Crippen LogP contribution in [-0.2, 0) is 6.42 Å². The summed E-state index contributed by atoms with van der Waals surface area (Å²) in [6.07, 6.45) is 2.68. The number of alkyl halides is 2. The van der Waals surface area contributed by atoms with Gasteiger partial charge in [-0.3, -0.25) is 0 Å². The molecule has 4 heteroatoms. The molecule has 2 aromatic rings. The van der Waals surface area contributed by atoms with Crippen molar-refractivity contribution in [3.63, 3.8) is 0 Å². The molecule has 0 aliphatic carbocycles. The second-order valence-corrected chi connectivity index (χ2v) is 7.76. The summed E-state index contributed by atoms with van der Waals surface area (Å²) in [5.41, 5.74) is 8.11. The van der Waals surface area contributed by atoms with Crippen molar-refractivity contribution >= 4 is 0 Å². The molecule has 0 spiro atoms. The standard InChI is InChI=1S/C15H16IN2O/c17-8-7-11-1-6-15(18-10-11)19-13-4-2-12(3-5-13)14-9-16-14/h1-6,10,14H,7-9,17H2/q-1. The van der Waals surface area contributed by atoms with Crippen molar-refractivity contribution in [1.29, 1.82) is 0 Å². The average molecular weight is 367 g/mol. The predicted molar refractivity (Wildman–Crippen MR) is 71.1 cm³/mol. The van der Waals surface area contributed by atoms with Gasteiger partial charge in [-0.1, -0.05) is 0 Å². The molecule has 1 atom stereocenters. The number of hydrogen-bond donors (Lipinski definition) is 1. The first-order chi connectivity index (χ1) is 9.35. The Morgan fingerprint density at radius 3 is 2.58 bits per heavy atom. The molecule has 0 radical (unpaired) electrons. The fourth-order valence-electron chi connectivity index (χ4n) is 1.87. The summed E-state index contributed by atoms with van der Waals surface area (Å²) >= 11 is 0.465. The van der Waals surface area contributed by atoms with Crippen LogP contribution in [0.15, 0.2) is 42.6 Å². The quantitative estimate of drug-likeness (QED) is 0.574. The van der Waals surface area contributed by atoms with E-state index in [1.165, 1.54) is 9.99 Å². The molecular weight excluding hydrogens is 351 g/mol. The minimum absolute atomic E-state index is 0.465. The van der Waals surface area contributed by atoms with Gasteiger partial charge in [-0.05, 0) is 0 Å². The summed E-state index contributed by atoms with van der Waals surface area (Å²) in [7, 11) is 0. The van der Waals surface area contributed by atoms with E-state index < -0.39 is 0 Å². The van der Waals surface area contributed by atoms with Crippen molar-refractivity contribution in [3.8, 4) is 11.6 Å². The summed E-state index contributed by atoms with van der Waals surface area (Å²) < 4.78 is 8.06. The van der Waals surface area contributed by atoms with Gasteiger partial charge < -0.3 is 5.73 Å². The molecule has 0 bridgehead atoms. The van der Waals surface area contributed by atoms with Crippen molar-refractivity contribution in [2.75, 3.05) is 11.0 Å². The molecule has 19 heavy (non-hydrogen) atoms. The van der Waals surface area contributed by atoms with E-state index in [9.17, 15) is 0 Å². The summed E-state index contributed by atoms with van der Waals surface area (Å²) in [5.74, 6) is 1.48. The van der Waals surface area contributed by atoms with Gasteiger partial charge in [-0.15, -0.1) is 0 Å².